The van der Waals surface area contributed by atoms with Crippen LogP contribution < -0.4 is 0 Å². The van der Waals surface area contributed by atoms with E-state index in [-0.39, 0.29) is 5.92 Å². The lowest BCUT2D eigenvalue weighted by Crippen LogP contribution is -2.11. The number of benzene rings is 1. The molecule has 2 aromatic rings. The molecule has 1 unspecified atom stereocenters. The third kappa shape index (κ3) is 2.51. The van der Waals surface area contributed by atoms with Crippen LogP contribution in [0.5, 0.6) is 0 Å². The fraction of sp³-hybridized carbons (Fsp3) is 0.385. The summed E-state index contributed by atoms with van der Waals surface area (Å²) in [7, 11) is 1.99. The predicted octanol–water partition coefficient (Wildman–Crippen LogP) is 2.69. The van der Waals surface area contributed by atoms with Gasteiger partial charge in [0.25, 0.3) is 0 Å². The van der Waals surface area contributed by atoms with Crippen LogP contribution in [0, 0.1) is 12.8 Å². The Morgan fingerprint density at radius 1 is 1.56 bits per heavy atom. The molecule has 0 aliphatic heterocycles. The van der Waals surface area contributed by atoms with E-state index in [0.29, 0.717) is 5.75 Å². The molecule has 0 saturated carbocycles. The standard InChI is InChI=1S/C13H16N2O2S/c1-8(13(16)17)7-18-10-4-5-12-11(6-10)14-9(2)15(12)3/h4-6,8H,7H2,1-3H3,(H,16,17). The quantitative estimate of drug-likeness (QED) is 0.863. The number of carboxylic acid groups (broad SMARTS) is 1. The lowest BCUT2D eigenvalue weighted by atomic mass is 10.2. The average molecular weight is 264 g/mol. The maximum Gasteiger partial charge on any atom is 0.307 e. The highest BCUT2D eigenvalue weighted by Crippen LogP contribution is 2.25. The SMILES string of the molecule is Cc1nc2cc(SCC(C)C(=O)O)ccc2n1C. The van der Waals surface area contributed by atoms with Gasteiger partial charge in [0.1, 0.15) is 5.82 Å². The number of nitrogens with zero attached hydrogens (tertiary/aromatic N) is 2. The molecule has 4 nitrogen and oxygen atoms in total. The Hall–Kier alpha value is -1.49. The summed E-state index contributed by atoms with van der Waals surface area (Å²) < 4.78 is 2.05. The minimum Gasteiger partial charge on any atom is -0.481 e. The summed E-state index contributed by atoms with van der Waals surface area (Å²) in [6, 6.07) is 6.06. The van der Waals surface area contributed by atoms with Crippen LogP contribution in [0.1, 0.15) is 12.7 Å². The molecule has 1 heterocycles. The van der Waals surface area contributed by atoms with Crippen molar-refractivity contribution in [2.45, 2.75) is 18.7 Å². The number of aromatic nitrogens is 2. The number of aliphatic carboxylic acids is 1. The normalized spacial score (nSPS) is 12.8. The predicted molar refractivity (Wildman–Crippen MR) is 73.0 cm³/mol. The lowest BCUT2D eigenvalue weighted by Gasteiger charge is -2.05. The Bertz CT molecular complexity index is 592. The fourth-order valence-corrected chi connectivity index (χ4v) is 2.63. The van der Waals surface area contributed by atoms with Gasteiger partial charge < -0.3 is 9.67 Å². The van der Waals surface area contributed by atoms with E-state index in [1.807, 2.05) is 36.7 Å². The fourth-order valence-electron chi connectivity index (χ4n) is 1.68. The number of rotatable bonds is 4. The van der Waals surface area contributed by atoms with Gasteiger partial charge >= 0.3 is 5.97 Å². The zero-order valence-corrected chi connectivity index (χ0v) is 11.5. The first-order chi connectivity index (χ1) is 8.49. The van der Waals surface area contributed by atoms with Crippen molar-refractivity contribution in [1.82, 2.24) is 9.55 Å². The van der Waals surface area contributed by atoms with Gasteiger partial charge in [0.05, 0.1) is 17.0 Å². The molecule has 1 aromatic carbocycles. The molecule has 5 heteroatoms. The second-order valence-corrected chi connectivity index (χ2v) is 5.51. The molecule has 0 spiro atoms. The molecule has 1 aromatic heterocycles. The van der Waals surface area contributed by atoms with Crippen LogP contribution in [-0.2, 0) is 11.8 Å². The number of carbonyl (C=O) groups is 1. The maximum absolute atomic E-state index is 10.8. The van der Waals surface area contributed by atoms with Crippen LogP contribution in [0.4, 0.5) is 0 Å². The minimum absolute atomic E-state index is 0.337. The monoisotopic (exact) mass is 264 g/mol. The van der Waals surface area contributed by atoms with Gasteiger partial charge in [-0.3, -0.25) is 4.79 Å². The molecule has 2 rings (SSSR count). The smallest absolute Gasteiger partial charge is 0.307 e. The van der Waals surface area contributed by atoms with Crippen LogP contribution in [0.2, 0.25) is 0 Å². The van der Waals surface area contributed by atoms with E-state index in [4.69, 9.17) is 5.11 Å². The highest BCUT2D eigenvalue weighted by Gasteiger charge is 2.11. The molecule has 0 bridgehead atoms. The second-order valence-electron chi connectivity index (χ2n) is 4.42. The van der Waals surface area contributed by atoms with E-state index in [1.165, 1.54) is 0 Å². The van der Waals surface area contributed by atoms with E-state index >= 15 is 0 Å². The highest BCUT2D eigenvalue weighted by molar-refractivity contribution is 7.99. The average Bonchev–Trinajstić information content (AvgIpc) is 2.61. The Morgan fingerprint density at radius 3 is 2.94 bits per heavy atom. The van der Waals surface area contributed by atoms with Crippen molar-refractivity contribution in [2.24, 2.45) is 13.0 Å². The molecule has 0 aliphatic carbocycles. The van der Waals surface area contributed by atoms with Gasteiger partial charge in [0.2, 0.25) is 0 Å². The molecule has 0 fully saturated rings. The van der Waals surface area contributed by atoms with Crippen LogP contribution in [0.25, 0.3) is 11.0 Å². The van der Waals surface area contributed by atoms with Gasteiger partial charge in [0, 0.05) is 17.7 Å². The molecule has 0 aliphatic rings. The zero-order chi connectivity index (χ0) is 13.3. The van der Waals surface area contributed by atoms with Crippen molar-refractivity contribution in [3.8, 4) is 0 Å². The second kappa shape index (κ2) is 5.02. The van der Waals surface area contributed by atoms with E-state index < -0.39 is 5.97 Å². The molecule has 18 heavy (non-hydrogen) atoms. The van der Waals surface area contributed by atoms with Crippen LogP contribution in [0.15, 0.2) is 23.1 Å². The first kappa shape index (κ1) is 13.0. The van der Waals surface area contributed by atoms with Gasteiger partial charge in [-0.25, -0.2) is 4.98 Å². The van der Waals surface area contributed by atoms with Crippen molar-refractivity contribution in [2.75, 3.05) is 5.75 Å². The first-order valence-corrected chi connectivity index (χ1v) is 6.76. The Morgan fingerprint density at radius 2 is 2.28 bits per heavy atom. The summed E-state index contributed by atoms with van der Waals surface area (Å²) in [6.07, 6.45) is 0. The summed E-state index contributed by atoms with van der Waals surface area (Å²) in [6.45, 7) is 3.69. The van der Waals surface area contributed by atoms with Crippen LogP contribution in [-0.4, -0.2) is 26.4 Å². The zero-order valence-electron chi connectivity index (χ0n) is 10.7. The van der Waals surface area contributed by atoms with Crippen molar-refractivity contribution < 1.29 is 9.90 Å². The van der Waals surface area contributed by atoms with E-state index in [1.54, 1.807) is 18.7 Å². The molecule has 1 N–H and O–H groups in total. The molecule has 0 amide bonds. The maximum atomic E-state index is 10.8. The summed E-state index contributed by atoms with van der Waals surface area (Å²) in [4.78, 5) is 16.3. The van der Waals surface area contributed by atoms with E-state index in [0.717, 1.165) is 21.8 Å². The Kier molecular flexibility index (Phi) is 3.61. The summed E-state index contributed by atoms with van der Waals surface area (Å²) in [5, 5.41) is 8.84. The van der Waals surface area contributed by atoms with Crippen molar-refractivity contribution >= 4 is 28.8 Å². The van der Waals surface area contributed by atoms with Crippen LogP contribution >= 0.6 is 11.8 Å². The number of hydrogen-bond donors (Lipinski definition) is 1. The molecule has 0 saturated heterocycles. The first-order valence-electron chi connectivity index (χ1n) is 5.77. The number of aryl methyl sites for hydroxylation is 2. The van der Waals surface area contributed by atoms with Gasteiger partial charge in [-0.1, -0.05) is 6.92 Å². The van der Waals surface area contributed by atoms with Gasteiger partial charge in [-0.2, -0.15) is 0 Å². The van der Waals surface area contributed by atoms with Crippen molar-refractivity contribution in [3.63, 3.8) is 0 Å². The molecular weight excluding hydrogens is 248 g/mol. The van der Waals surface area contributed by atoms with E-state index in [2.05, 4.69) is 4.98 Å². The Labute approximate surface area is 110 Å². The van der Waals surface area contributed by atoms with E-state index in [9.17, 15) is 4.79 Å². The number of thioether (sulfide) groups is 1. The molecule has 0 radical (unpaired) electrons. The third-order valence-corrected chi connectivity index (χ3v) is 4.25. The van der Waals surface area contributed by atoms with Crippen LogP contribution in [0.3, 0.4) is 0 Å². The lowest BCUT2D eigenvalue weighted by molar-refractivity contribution is -0.140. The third-order valence-electron chi connectivity index (χ3n) is 3.00. The summed E-state index contributed by atoms with van der Waals surface area (Å²) in [5.41, 5.74) is 2.06. The molecule has 1 atom stereocenters. The number of fused-ring (bicyclic) bond motifs is 1. The van der Waals surface area contributed by atoms with Crippen molar-refractivity contribution in [1.29, 1.82) is 0 Å². The van der Waals surface area contributed by atoms with Crippen molar-refractivity contribution in [3.05, 3.63) is 24.0 Å². The largest absolute Gasteiger partial charge is 0.481 e. The topological polar surface area (TPSA) is 55.1 Å². The Balaban J connectivity index is 2.18. The number of carboxylic acids is 1. The molecular formula is C13H16N2O2S. The van der Waals surface area contributed by atoms with Gasteiger partial charge in [-0.05, 0) is 25.1 Å². The number of hydrogen-bond acceptors (Lipinski definition) is 3. The summed E-state index contributed by atoms with van der Waals surface area (Å²) >= 11 is 1.56. The van der Waals surface area contributed by atoms with Gasteiger partial charge in [-0.15, -0.1) is 11.8 Å². The van der Waals surface area contributed by atoms with Gasteiger partial charge in [0.15, 0.2) is 0 Å². The number of imidazole rings is 1. The minimum atomic E-state index is -0.753. The molecule has 96 valence electrons. The highest BCUT2D eigenvalue weighted by atomic mass is 32.2. The summed E-state index contributed by atoms with van der Waals surface area (Å²) in [5.74, 6) is 0.464.